The van der Waals surface area contributed by atoms with E-state index in [-0.39, 0.29) is 0 Å². The molecule has 4 heteroatoms. The molecule has 0 aliphatic carbocycles. The fourth-order valence-corrected chi connectivity index (χ4v) is 1.83. The molecule has 1 aromatic rings. The van der Waals surface area contributed by atoms with Crippen molar-refractivity contribution in [2.45, 2.75) is 26.3 Å². The largest absolute Gasteiger partial charge is 0.505 e. The van der Waals surface area contributed by atoms with Crippen LogP contribution in [0.5, 0.6) is 5.75 Å². The first-order chi connectivity index (χ1) is 6.93. The summed E-state index contributed by atoms with van der Waals surface area (Å²) in [6.45, 7) is 4.01. The summed E-state index contributed by atoms with van der Waals surface area (Å²) in [5.41, 5.74) is 6.15. The van der Waals surface area contributed by atoms with Crippen molar-refractivity contribution in [1.82, 2.24) is 0 Å². The molecule has 0 aromatic heterocycles. The van der Waals surface area contributed by atoms with Gasteiger partial charge >= 0.3 is 0 Å². The first kappa shape index (κ1) is 12.3. The summed E-state index contributed by atoms with van der Waals surface area (Å²) in [6.07, 6.45) is 0.650. The Morgan fingerprint density at radius 1 is 1.47 bits per heavy atom. The molecule has 1 atom stereocenters. The van der Waals surface area contributed by atoms with Crippen LogP contribution in [0.4, 0.5) is 4.39 Å². The van der Waals surface area contributed by atoms with Gasteiger partial charge in [0.2, 0.25) is 0 Å². The normalized spacial score (nSPS) is 13.2. The van der Waals surface area contributed by atoms with Gasteiger partial charge in [-0.1, -0.05) is 25.4 Å². The molecule has 0 amide bonds. The van der Waals surface area contributed by atoms with Crippen LogP contribution in [0.15, 0.2) is 12.1 Å². The van der Waals surface area contributed by atoms with Gasteiger partial charge in [0, 0.05) is 16.6 Å². The summed E-state index contributed by atoms with van der Waals surface area (Å²) in [5, 5.41) is 9.83. The molecule has 0 fully saturated rings. The second-order valence-corrected chi connectivity index (χ2v) is 4.43. The van der Waals surface area contributed by atoms with Crippen LogP contribution < -0.4 is 5.73 Å². The van der Waals surface area contributed by atoms with Crippen LogP contribution in [0, 0.1) is 11.7 Å². The molecule has 0 heterocycles. The van der Waals surface area contributed by atoms with Gasteiger partial charge in [0.25, 0.3) is 0 Å². The molecule has 3 N–H and O–H groups in total. The van der Waals surface area contributed by atoms with E-state index in [9.17, 15) is 9.50 Å². The van der Waals surface area contributed by atoms with Crippen LogP contribution in [0.1, 0.15) is 31.9 Å². The van der Waals surface area contributed by atoms with Crippen LogP contribution in [-0.2, 0) is 0 Å². The fraction of sp³-hybridized carbons (Fsp3) is 0.455. The van der Waals surface area contributed by atoms with Gasteiger partial charge in [-0.25, -0.2) is 4.39 Å². The zero-order valence-corrected chi connectivity index (χ0v) is 9.55. The summed E-state index contributed by atoms with van der Waals surface area (Å²) >= 11 is 5.87. The molecule has 84 valence electrons. The lowest BCUT2D eigenvalue weighted by Gasteiger charge is -2.17. The summed E-state index contributed by atoms with van der Waals surface area (Å²) in [6, 6.07) is 2.10. The lowest BCUT2D eigenvalue weighted by molar-refractivity contribution is 0.411. The highest BCUT2D eigenvalue weighted by Crippen LogP contribution is 2.34. The molecule has 0 spiro atoms. The van der Waals surface area contributed by atoms with E-state index in [0.29, 0.717) is 22.9 Å². The maximum atomic E-state index is 13.1. The Hall–Kier alpha value is -0.800. The first-order valence-electron chi connectivity index (χ1n) is 4.86. The van der Waals surface area contributed by atoms with E-state index in [1.807, 2.05) is 13.8 Å². The van der Waals surface area contributed by atoms with Crippen molar-refractivity contribution in [3.63, 3.8) is 0 Å². The molecule has 15 heavy (non-hydrogen) atoms. The highest BCUT2D eigenvalue weighted by atomic mass is 35.5. The van der Waals surface area contributed by atoms with E-state index >= 15 is 0 Å². The number of hydrogen-bond donors (Lipinski definition) is 2. The van der Waals surface area contributed by atoms with Crippen LogP contribution in [0.25, 0.3) is 0 Å². The van der Waals surface area contributed by atoms with E-state index < -0.39 is 17.6 Å². The average molecular weight is 232 g/mol. The Morgan fingerprint density at radius 3 is 2.60 bits per heavy atom. The molecule has 0 saturated heterocycles. The van der Waals surface area contributed by atoms with Gasteiger partial charge < -0.3 is 10.8 Å². The van der Waals surface area contributed by atoms with Gasteiger partial charge in [0.05, 0.1) is 0 Å². The summed E-state index contributed by atoms with van der Waals surface area (Å²) in [7, 11) is 0. The number of nitrogens with two attached hydrogens (primary N) is 1. The molecule has 0 saturated carbocycles. The number of rotatable bonds is 3. The van der Waals surface area contributed by atoms with Crippen molar-refractivity contribution < 1.29 is 9.50 Å². The van der Waals surface area contributed by atoms with Crippen molar-refractivity contribution in [3.05, 3.63) is 28.5 Å². The molecule has 0 bridgehead atoms. The van der Waals surface area contributed by atoms with Crippen molar-refractivity contribution >= 4 is 11.6 Å². The van der Waals surface area contributed by atoms with Gasteiger partial charge in [0.1, 0.15) is 0 Å². The minimum atomic E-state index is -0.686. The third-order valence-electron chi connectivity index (χ3n) is 2.21. The highest BCUT2D eigenvalue weighted by Gasteiger charge is 2.18. The molecular weight excluding hydrogens is 217 g/mol. The lowest BCUT2D eigenvalue weighted by Crippen LogP contribution is -2.14. The number of phenols is 1. The van der Waals surface area contributed by atoms with Crippen LogP contribution in [0.3, 0.4) is 0 Å². The number of halogens is 2. The van der Waals surface area contributed by atoms with Gasteiger partial charge in [-0.3, -0.25) is 0 Å². The number of hydrogen-bond acceptors (Lipinski definition) is 2. The Kier molecular flexibility index (Phi) is 3.94. The molecule has 1 aromatic carbocycles. The number of benzene rings is 1. The van der Waals surface area contributed by atoms with E-state index in [4.69, 9.17) is 17.3 Å². The topological polar surface area (TPSA) is 46.2 Å². The Balaban J connectivity index is 3.07. The predicted octanol–water partition coefficient (Wildman–Crippen LogP) is 3.23. The van der Waals surface area contributed by atoms with Crippen molar-refractivity contribution in [1.29, 1.82) is 0 Å². The van der Waals surface area contributed by atoms with Gasteiger partial charge in [-0.2, -0.15) is 0 Å². The molecule has 0 radical (unpaired) electrons. The zero-order valence-electron chi connectivity index (χ0n) is 8.80. The van der Waals surface area contributed by atoms with Crippen LogP contribution in [-0.4, -0.2) is 5.11 Å². The van der Waals surface area contributed by atoms with E-state index in [2.05, 4.69) is 0 Å². The van der Waals surface area contributed by atoms with E-state index in [0.717, 1.165) is 6.07 Å². The van der Waals surface area contributed by atoms with Crippen molar-refractivity contribution in [2.75, 3.05) is 0 Å². The number of aromatic hydroxyl groups is 1. The maximum absolute atomic E-state index is 13.1. The third-order valence-corrected chi connectivity index (χ3v) is 2.54. The summed E-state index contributed by atoms with van der Waals surface area (Å²) in [4.78, 5) is 0. The average Bonchev–Trinajstić information content (AvgIpc) is 2.11. The van der Waals surface area contributed by atoms with E-state index in [1.54, 1.807) is 0 Å². The highest BCUT2D eigenvalue weighted by molar-refractivity contribution is 6.31. The minimum absolute atomic E-state index is 0.297. The summed E-state index contributed by atoms with van der Waals surface area (Å²) in [5.74, 6) is -0.761. The zero-order chi connectivity index (χ0) is 11.6. The Labute approximate surface area is 93.9 Å². The van der Waals surface area contributed by atoms with Gasteiger partial charge in [0.15, 0.2) is 11.6 Å². The second kappa shape index (κ2) is 4.81. The predicted molar refractivity (Wildman–Crippen MR) is 59.5 cm³/mol. The Morgan fingerprint density at radius 2 is 2.07 bits per heavy atom. The van der Waals surface area contributed by atoms with Crippen molar-refractivity contribution in [2.24, 2.45) is 11.7 Å². The third kappa shape index (κ3) is 2.83. The van der Waals surface area contributed by atoms with E-state index in [1.165, 1.54) is 6.07 Å². The van der Waals surface area contributed by atoms with Crippen LogP contribution in [0.2, 0.25) is 5.02 Å². The smallest absolute Gasteiger partial charge is 0.165 e. The van der Waals surface area contributed by atoms with Gasteiger partial charge in [-0.15, -0.1) is 0 Å². The SMILES string of the molecule is CC(C)C[C@H](N)c1c(Cl)ccc(F)c1O. The first-order valence-corrected chi connectivity index (χ1v) is 5.23. The number of phenolic OH excluding ortho intramolecular Hbond substituents is 1. The fourth-order valence-electron chi connectivity index (χ4n) is 1.54. The monoisotopic (exact) mass is 231 g/mol. The standard InChI is InChI=1S/C11H15ClFNO/c1-6(2)5-9(14)10-7(12)3-4-8(13)11(10)15/h3-4,6,9,15H,5,14H2,1-2H3/t9-/m0/s1. The maximum Gasteiger partial charge on any atom is 0.165 e. The molecule has 0 aliphatic heterocycles. The van der Waals surface area contributed by atoms with Crippen LogP contribution >= 0.6 is 11.6 Å². The lowest BCUT2D eigenvalue weighted by atomic mass is 9.97. The molecule has 0 unspecified atom stereocenters. The van der Waals surface area contributed by atoms with Crippen molar-refractivity contribution in [3.8, 4) is 5.75 Å². The minimum Gasteiger partial charge on any atom is -0.505 e. The summed E-state index contributed by atoms with van der Waals surface area (Å²) < 4.78 is 13.1. The Bertz CT molecular complexity index is 355. The second-order valence-electron chi connectivity index (χ2n) is 4.03. The van der Waals surface area contributed by atoms with Gasteiger partial charge in [-0.05, 0) is 24.5 Å². The molecular formula is C11H15ClFNO. The molecule has 1 rings (SSSR count). The quantitative estimate of drug-likeness (QED) is 0.839. The molecule has 2 nitrogen and oxygen atoms in total. The molecule has 0 aliphatic rings.